The highest BCUT2D eigenvalue weighted by molar-refractivity contribution is 5.96. The predicted molar refractivity (Wildman–Crippen MR) is 104 cm³/mol. The molecule has 9 nitrogen and oxygen atoms in total. The second-order valence-corrected chi connectivity index (χ2v) is 5.83. The summed E-state index contributed by atoms with van der Waals surface area (Å²) in [6.07, 6.45) is 0. The summed E-state index contributed by atoms with van der Waals surface area (Å²) in [5.41, 5.74) is -0.195. The lowest BCUT2D eigenvalue weighted by Crippen LogP contribution is -2.10. The molecule has 0 aliphatic rings. The summed E-state index contributed by atoms with van der Waals surface area (Å²) in [5, 5.41) is 20.3. The van der Waals surface area contributed by atoms with Gasteiger partial charge in [0.25, 0.3) is 0 Å². The molecule has 2 N–H and O–H groups in total. The van der Waals surface area contributed by atoms with Crippen molar-refractivity contribution in [2.75, 3.05) is 35.5 Å². The van der Waals surface area contributed by atoms with Gasteiger partial charge in [0.05, 0.1) is 35.5 Å². The zero-order valence-corrected chi connectivity index (χ0v) is 16.5. The van der Waals surface area contributed by atoms with Crippen molar-refractivity contribution in [1.82, 2.24) is 0 Å². The maximum atomic E-state index is 13.2. The summed E-state index contributed by atoms with van der Waals surface area (Å²) in [5.74, 6) is -0.560. The summed E-state index contributed by atoms with van der Waals surface area (Å²) < 4.78 is 32.2. The molecular weight excluding hydrogens is 384 g/mol. The molecule has 1 aromatic heterocycles. The van der Waals surface area contributed by atoms with Crippen molar-refractivity contribution in [3.05, 3.63) is 28.4 Å². The van der Waals surface area contributed by atoms with Crippen LogP contribution in [0.15, 0.2) is 27.4 Å². The van der Waals surface area contributed by atoms with Crippen molar-refractivity contribution in [2.45, 2.75) is 0 Å². The molecule has 1 heterocycles. The van der Waals surface area contributed by atoms with E-state index in [0.29, 0.717) is 5.56 Å². The molecule has 2 aromatic carbocycles. The average Bonchev–Trinajstić information content (AvgIpc) is 2.73. The highest BCUT2D eigenvalue weighted by Gasteiger charge is 2.29. The van der Waals surface area contributed by atoms with Crippen LogP contribution in [0.2, 0.25) is 0 Å². The zero-order chi connectivity index (χ0) is 21.3. The fraction of sp³-hybridized carbons (Fsp3) is 0.250. The van der Waals surface area contributed by atoms with Gasteiger partial charge in [0.15, 0.2) is 28.6 Å². The molecular formula is C20H20O9. The highest BCUT2D eigenvalue weighted by atomic mass is 16.5. The number of rotatable bonds is 6. The van der Waals surface area contributed by atoms with Gasteiger partial charge in [-0.25, -0.2) is 0 Å². The number of hydrogen-bond donors (Lipinski definition) is 2. The van der Waals surface area contributed by atoms with Crippen LogP contribution >= 0.6 is 0 Å². The van der Waals surface area contributed by atoms with Gasteiger partial charge in [0.2, 0.25) is 28.4 Å². The SMILES string of the molecule is COc1cc(-c2oc3c(OC)c(OC)c(O)c(OC)c3c(=O)c2OC)ccc1O. The first kappa shape index (κ1) is 20.0. The first-order chi connectivity index (χ1) is 13.9. The molecule has 0 unspecified atom stereocenters. The minimum absolute atomic E-state index is 0.00699. The fourth-order valence-electron chi connectivity index (χ4n) is 3.09. The van der Waals surface area contributed by atoms with Crippen molar-refractivity contribution in [2.24, 2.45) is 0 Å². The molecule has 0 spiro atoms. The molecule has 0 saturated carbocycles. The Bertz CT molecular complexity index is 1130. The zero-order valence-electron chi connectivity index (χ0n) is 16.5. The monoisotopic (exact) mass is 404 g/mol. The molecule has 0 aliphatic carbocycles. The van der Waals surface area contributed by atoms with Crippen LogP contribution in [0.3, 0.4) is 0 Å². The van der Waals surface area contributed by atoms with Crippen molar-refractivity contribution >= 4 is 11.0 Å². The molecule has 3 rings (SSSR count). The van der Waals surface area contributed by atoms with Gasteiger partial charge in [-0.05, 0) is 18.2 Å². The summed E-state index contributed by atoms with van der Waals surface area (Å²) in [6, 6.07) is 4.42. The van der Waals surface area contributed by atoms with Crippen LogP contribution in [0.1, 0.15) is 0 Å². The van der Waals surface area contributed by atoms with E-state index in [-0.39, 0.29) is 51.2 Å². The van der Waals surface area contributed by atoms with E-state index in [0.717, 1.165) is 0 Å². The Hall–Kier alpha value is -3.75. The number of methoxy groups -OCH3 is 5. The summed E-state index contributed by atoms with van der Waals surface area (Å²) in [6.45, 7) is 0. The van der Waals surface area contributed by atoms with Crippen LogP contribution in [-0.4, -0.2) is 45.8 Å². The molecule has 0 saturated heterocycles. The minimum atomic E-state index is -0.594. The van der Waals surface area contributed by atoms with E-state index in [2.05, 4.69) is 0 Å². The number of benzene rings is 2. The molecule has 0 aliphatic heterocycles. The third kappa shape index (κ3) is 3.00. The van der Waals surface area contributed by atoms with E-state index < -0.39 is 11.2 Å². The lowest BCUT2D eigenvalue weighted by Gasteiger charge is -2.17. The molecule has 9 heteroatoms. The molecule has 0 atom stereocenters. The molecule has 154 valence electrons. The van der Waals surface area contributed by atoms with E-state index >= 15 is 0 Å². The first-order valence-electron chi connectivity index (χ1n) is 8.36. The number of ether oxygens (including phenoxy) is 5. The number of hydrogen-bond acceptors (Lipinski definition) is 9. The Labute approximate surface area is 165 Å². The number of fused-ring (bicyclic) bond motifs is 1. The third-order valence-corrected chi connectivity index (χ3v) is 4.40. The van der Waals surface area contributed by atoms with E-state index in [1.54, 1.807) is 0 Å². The Morgan fingerprint density at radius 2 is 1.41 bits per heavy atom. The lowest BCUT2D eigenvalue weighted by atomic mass is 10.1. The van der Waals surface area contributed by atoms with Crippen LogP contribution in [0, 0.1) is 0 Å². The van der Waals surface area contributed by atoms with E-state index in [4.69, 9.17) is 28.1 Å². The molecule has 3 aromatic rings. The molecule has 0 fully saturated rings. The molecule has 29 heavy (non-hydrogen) atoms. The van der Waals surface area contributed by atoms with Crippen molar-refractivity contribution in [1.29, 1.82) is 0 Å². The van der Waals surface area contributed by atoms with Gasteiger partial charge in [0, 0.05) is 5.56 Å². The van der Waals surface area contributed by atoms with Crippen LogP contribution < -0.4 is 29.1 Å². The van der Waals surface area contributed by atoms with E-state index in [1.807, 2.05) is 0 Å². The van der Waals surface area contributed by atoms with Gasteiger partial charge in [-0.1, -0.05) is 0 Å². The Kier molecular flexibility index (Phi) is 5.31. The second-order valence-electron chi connectivity index (χ2n) is 5.83. The minimum Gasteiger partial charge on any atom is -0.504 e. The smallest absolute Gasteiger partial charge is 0.239 e. The largest absolute Gasteiger partial charge is 0.504 e. The lowest BCUT2D eigenvalue weighted by molar-refractivity contribution is 0.316. The van der Waals surface area contributed by atoms with Crippen molar-refractivity contribution in [3.63, 3.8) is 0 Å². The van der Waals surface area contributed by atoms with Gasteiger partial charge in [-0.3, -0.25) is 4.79 Å². The maximum Gasteiger partial charge on any atom is 0.239 e. The van der Waals surface area contributed by atoms with E-state index in [9.17, 15) is 15.0 Å². The number of phenols is 2. The standard InChI is InChI=1S/C20H20O9/c1-24-11-8-9(6-7-10(11)21)15-18(26-3)13(22)12-16(25-2)14(23)19(27-4)20(28-5)17(12)29-15/h6-8,21,23H,1-5H3. The number of phenolic OH excluding ortho intramolecular Hbond substituents is 2. The summed E-state index contributed by atoms with van der Waals surface area (Å²) >= 11 is 0. The average molecular weight is 404 g/mol. The normalized spacial score (nSPS) is 10.7. The van der Waals surface area contributed by atoms with Crippen molar-refractivity contribution in [3.8, 4) is 51.6 Å². The van der Waals surface area contributed by atoms with Gasteiger partial charge in [0.1, 0.15) is 5.39 Å². The highest BCUT2D eigenvalue weighted by Crippen LogP contribution is 2.51. The fourth-order valence-corrected chi connectivity index (χ4v) is 3.09. The Morgan fingerprint density at radius 1 is 0.793 bits per heavy atom. The molecule has 0 radical (unpaired) electrons. The van der Waals surface area contributed by atoms with Crippen LogP contribution in [0.4, 0.5) is 0 Å². The van der Waals surface area contributed by atoms with E-state index in [1.165, 1.54) is 53.7 Å². The first-order valence-corrected chi connectivity index (χ1v) is 8.36. The quantitative estimate of drug-likeness (QED) is 0.639. The topological polar surface area (TPSA) is 117 Å². The van der Waals surface area contributed by atoms with Crippen LogP contribution in [0.5, 0.6) is 40.2 Å². The Balaban J connectivity index is 2.51. The second kappa shape index (κ2) is 7.70. The van der Waals surface area contributed by atoms with Gasteiger partial charge >= 0.3 is 0 Å². The third-order valence-electron chi connectivity index (χ3n) is 4.40. The molecule has 0 bridgehead atoms. The number of aromatic hydroxyl groups is 2. The summed E-state index contributed by atoms with van der Waals surface area (Å²) in [4.78, 5) is 13.2. The maximum absolute atomic E-state index is 13.2. The van der Waals surface area contributed by atoms with Gasteiger partial charge in [-0.15, -0.1) is 0 Å². The predicted octanol–water partition coefficient (Wildman–Crippen LogP) is 2.91. The summed E-state index contributed by atoms with van der Waals surface area (Å²) in [7, 11) is 6.68. The Morgan fingerprint density at radius 3 is 1.97 bits per heavy atom. The van der Waals surface area contributed by atoms with Crippen LogP contribution in [-0.2, 0) is 0 Å². The van der Waals surface area contributed by atoms with Crippen LogP contribution in [0.25, 0.3) is 22.3 Å². The molecule has 0 amide bonds. The van der Waals surface area contributed by atoms with Gasteiger partial charge < -0.3 is 38.3 Å². The van der Waals surface area contributed by atoms with Crippen molar-refractivity contribution < 1.29 is 38.3 Å². The van der Waals surface area contributed by atoms with Gasteiger partial charge in [-0.2, -0.15) is 0 Å².